The van der Waals surface area contributed by atoms with Crippen molar-refractivity contribution in [2.24, 2.45) is 11.1 Å². The van der Waals surface area contributed by atoms with E-state index in [0.717, 1.165) is 50.2 Å². The maximum atomic E-state index is 13.5. The number of nitrogens with two attached hydrogens (primary N) is 1. The third kappa shape index (κ3) is 4.02. The molecule has 1 saturated carbocycles. The Morgan fingerprint density at radius 3 is 2.34 bits per heavy atom. The zero-order chi connectivity index (χ0) is 24.7. The predicted molar refractivity (Wildman–Crippen MR) is 139 cm³/mol. The molecule has 2 bridgehead atoms. The molecular formula is C29H43N5O. The number of benzene rings is 1. The Labute approximate surface area is 210 Å². The number of rotatable bonds is 7. The lowest BCUT2D eigenvalue weighted by Gasteiger charge is -2.55. The summed E-state index contributed by atoms with van der Waals surface area (Å²) in [6, 6.07) is 12.3. The van der Waals surface area contributed by atoms with Crippen LogP contribution in [0.25, 0.3) is 0 Å². The summed E-state index contributed by atoms with van der Waals surface area (Å²) >= 11 is 0. The molecule has 0 radical (unpaired) electrons. The Hall–Kier alpha value is -2.21. The van der Waals surface area contributed by atoms with Crippen molar-refractivity contribution in [1.29, 1.82) is 0 Å². The van der Waals surface area contributed by atoms with Gasteiger partial charge in [0.2, 0.25) is 5.91 Å². The van der Waals surface area contributed by atoms with Gasteiger partial charge in [-0.25, -0.2) is 0 Å². The highest BCUT2D eigenvalue weighted by molar-refractivity contribution is 5.83. The highest BCUT2D eigenvalue weighted by Crippen LogP contribution is 2.55. The SMILES string of the molecule is CCC(c1ccccc1)C1(C(N)=O)CCCCC1N1C2CCC1CC(n1c(C)nnc1C(C)C)C2. The number of nitrogens with zero attached hydrogens (tertiary/aromatic N) is 4. The molecule has 190 valence electrons. The number of aryl methyl sites for hydroxylation is 1. The van der Waals surface area contributed by atoms with Gasteiger partial charge in [-0.15, -0.1) is 10.2 Å². The van der Waals surface area contributed by atoms with Crippen molar-refractivity contribution in [3.05, 3.63) is 47.5 Å². The summed E-state index contributed by atoms with van der Waals surface area (Å²) in [5.41, 5.74) is 7.18. The molecule has 3 aliphatic rings. The van der Waals surface area contributed by atoms with Crippen molar-refractivity contribution in [3.8, 4) is 0 Å². The van der Waals surface area contributed by atoms with Gasteiger partial charge in [-0.2, -0.15) is 0 Å². The van der Waals surface area contributed by atoms with E-state index in [4.69, 9.17) is 5.73 Å². The van der Waals surface area contributed by atoms with E-state index in [1.807, 2.05) is 0 Å². The predicted octanol–water partition coefficient (Wildman–Crippen LogP) is 5.49. The van der Waals surface area contributed by atoms with Crippen LogP contribution in [0, 0.1) is 12.3 Å². The first kappa shape index (κ1) is 24.5. The monoisotopic (exact) mass is 477 g/mol. The molecule has 2 aliphatic heterocycles. The Bertz CT molecular complexity index is 1020. The van der Waals surface area contributed by atoms with Crippen molar-refractivity contribution in [3.63, 3.8) is 0 Å². The number of carbonyl (C=O) groups is 1. The Morgan fingerprint density at radius 1 is 1.06 bits per heavy atom. The van der Waals surface area contributed by atoms with Crippen molar-refractivity contribution < 1.29 is 4.79 Å². The lowest BCUT2D eigenvalue weighted by molar-refractivity contribution is -0.140. The molecular weight excluding hydrogens is 434 g/mol. The van der Waals surface area contributed by atoms with Gasteiger partial charge < -0.3 is 10.3 Å². The molecule has 6 nitrogen and oxygen atoms in total. The molecule has 5 atom stereocenters. The second kappa shape index (κ2) is 9.68. The van der Waals surface area contributed by atoms with Gasteiger partial charge in [0.15, 0.2) is 0 Å². The number of hydrogen-bond acceptors (Lipinski definition) is 4. The fourth-order valence-electron chi connectivity index (χ4n) is 8.18. The van der Waals surface area contributed by atoms with Crippen LogP contribution in [-0.4, -0.2) is 43.7 Å². The summed E-state index contributed by atoms with van der Waals surface area (Å²) in [4.78, 5) is 16.3. The van der Waals surface area contributed by atoms with Crippen molar-refractivity contribution >= 4 is 5.91 Å². The Morgan fingerprint density at radius 2 is 1.74 bits per heavy atom. The molecule has 5 rings (SSSR count). The third-order valence-corrected chi connectivity index (χ3v) is 9.50. The minimum absolute atomic E-state index is 0.0869. The van der Waals surface area contributed by atoms with Crippen LogP contribution in [-0.2, 0) is 4.79 Å². The standard InChI is InChI=1S/C29H43N5O/c1-5-25(21-11-7-6-8-12-21)29(28(30)35)16-10-9-13-26(29)34-22-14-15-23(34)18-24(17-22)33-20(4)31-32-27(33)19(2)3/h6-8,11-12,19,22-26H,5,9-10,13-18H2,1-4H3,(H2,30,35). The molecule has 1 aliphatic carbocycles. The quantitative estimate of drug-likeness (QED) is 0.572. The molecule has 2 aromatic rings. The van der Waals surface area contributed by atoms with Crippen LogP contribution in [0.2, 0.25) is 0 Å². The van der Waals surface area contributed by atoms with Gasteiger partial charge in [0, 0.05) is 30.1 Å². The van der Waals surface area contributed by atoms with Gasteiger partial charge in [-0.3, -0.25) is 9.69 Å². The number of hydrogen-bond donors (Lipinski definition) is 1. The average Bonchev–Trinajstić information content (AvgIpc) is 3.36. The summed E-state index contributed by atoms with van der Waals surface area (Å²) in [6.07, 6.45) is 9.85. The molecule has 3 fully saturated rings. The Kier molecular flexibility index (Phi) is 6.77. The van der Waals surface area contributed by atoms with E-state index < -0.39 is 5.41 Å². The van der Waals surface area contributed by atoms with E-state index >= 15 is 0 Å². The van der Waals surface area contributed by atoms with E-state index in [0.29, 0.717) is 24.0 Å². The minimum Gasteiger partial charge on any atom is -0.369 e. The van der Waals surface area contributed by atoms with Crippen molar-refractivity contribution in [1.82, 2.24) is 19.7 Å². The van der Waals surface area contributed by atoms with E-state index in [9.17, 15) is 4.79 Å². The van der Waals surface area contributed by atoms with Gasteiger partial charge >= 0.3 is 0 Å². The zero-order valence-corrected chi connectivity index (χ0v) is 22.0. The highest BCUT2D eigenvalue weighted by Gasteiger charge is 2.57. The van der Waals surface area contributed by atoms with Gasteiger partial charge in [0.25, 0.3) is 0 Å². The van der Waals surface area contributed by atoms with Gasteiger partial charge in [0.05, 0.1) is 5.41 Å². The maximum absolute atomic E-state index is 13.5. The molecule has 1 aromatic carbocycles. The number of carbonyl (C=O) groups excluding carboxylic acids is 1. The first-order valence-electron chi connectivity index (χ1n) is 13.9. The smallest absolute Gasteiger partial charge is 0.225 e. The largest absolute Gasteiger partial charge is 0.369 e. The molecule has 1 amide bonds. The summed E-state index contributed by atoms with van der Waals surface area (Å²) in [7, 11) is 0. The number of aromatic nitrogens is 3. The van der Waals surface area contributed by atoms with E-state index in [1.54, 1.807) is 0 Å². The summed E-state index contributed by atoms with van der Waals surface area (Å²) < 4.78 is 2.42. The second-order valence-electron chi connectivity index (χ2n) is 11.6. The van der Waals surface area contributed by atoms with Gasteiger partial charge in [-0.05, 0) is 63.4 Å². The molecule has 5 unspecified atom stereocenters. The summed E-state index contributed by atoms with van der Waals surface area (Å²) in [6.45, 7) is 8.75. The molecule has 2 N–H and O–H groups in total. The fourth-order valence-corrected chi connectivity index (χ4v) is 8.18. The van der Waals surface area contributed by atoms with Crippen LogP contribution >= 0.6 is 0 Å². The lowest BCUT2D eigenvalue weighted by atomic mass is 9.58. The molecule has 6 heteroatoms. The second-order valence-corrected chi connectivity index (χ2v) is 11.6. The van der Waals surface area contributed by atoms with Gasteiger partial charge in [0.1, 0.15) is 11.6 Å². The zero-order valence-electron chi connectivity index (χ0n) is 22.0. The Balaban J connectivity index is 1.49. The van der Waals surface area contributed by atoms with E-state index in [2.05, 4.69) is 77.7 Å². The molecule has 35 heavy (non-hydrogen) atoms. The van der Waals surface area contributed by atoms with Crippen LogP contribution in [0.15, 0.2) is 30.3 Å². The maximum Gasteiger partial charge on any atom is 0.225 e. The van der Waals surface area contributed by atoms with Crippen molar-refractivity contribution in [2.75, 3.05) is 0 Å². The van der Waals surface area contributed by atoms with Crippen LogP contribution in [0.1, 0.15) is 114 Å². The van der Waals surface area contributed by atoms with E-state index in [-0.39, 0.29) is 17.9 Å². The molecule has 0 spiro atoms. The fraction of sp³-hybridized carbons (Fsp3) is 0.690. The lowest BCUT2D eigenvalue weighted by Crippen LogP contribution is -2.62. The number of primary amides is 1. The normalized spacial score (nSPS) is 32.1. The number of fused-ring (bicyclic) bond motifs is 2. The number of piperidine rings is 1. The molecule has 1 aromatic heterocycles. The van der Waals surface area contributed by atoms with Crippen LogP contribution < -0.4 is 5.73 Å². The highest BCUT2D eigenvalue weighted by atomic mass is 16.1. The first-order chi connectivity index (χ1) is 16.9. The molecule has 2 saturated heterocycles. The van der Waals surface area contributed by atoms with Crippen molar-refractivity contribution in [2.45, 2.75) is 121 Å². The summed E-state index contributed by atoms with van der Waals surface area (Å²) in [5.74, 6) is 2.59. The average molecular weight is 478 g/mol. The van der Waals surface area contributed by atoms with Crippen LogP contribution in [0.4, 0.5) is 0 Å². The van der Waals surface area contributed by atoms with Gasteiger partial charge in [-0.1, -0.05) is 63.9 Å². The topological polar surface area (TPSA) is 77.0 Å². The minimum atomic E-state index is -0.502. The first-order valence-corrected chi connectivity index (χ1v) is 13.9. The summed E-state index contributed by atoms with van der Waals surface area (Å²) in [5, 5.41) is 8.97. The van der Waals surface area contributed by atoms with Crippen LogP contribution in [0.5, 0.6) is 0 Å². The van der Waals surface area contributed by atoms with Crippen LogP contribution in [0.3, 0.4) is 0 Å². The third-order valence-electron chi connectivity index (χ3n) is 9.50. The molecule has 3 heterocycles. The number of amides is 1. The van der Waals surface area contributed by atoms with E-state index in [1.165, 1.54) is 24.8 Å².